The molecule has 0 radical (unpaired) electrons. The van der Waals surface area contributed by atoms with Crippen LogP contribution in [0, 0.1) is 0 Å². The molecule has 1 aromatic heterocycles. The Labute approximate surface area is 111 Å². The van der Waals surface area contributed by atoms with Crippen LogP contribution in [0.3, 0.4) is 0 Å². The number of carboxylic acid groups (broad SMARTS) is 1. The van der Waals surface area contributed by atoms with Gasteiger partial charge in [0.2, 0.25) is 0 Å². The summed E-state index contributed by atoms with van der Waals surface area (Å²) in [5.41, 5.74) is 0. The molecule has 1 heterocycles. The van der Waals surface area contributed by atoms with Crippen LogP contribution in [0.25, 0.3) is 0 Å². The van der Waals surface area contributed by atoms with Crippen LogP contribution >= 0.6 is 0 Å². The summed E-state index contributed by atoms with van der Waals surface area (Å²) < 4.78 is 6.74. The Hall–Kier alpha value is -1.85. The molecule has 1 atom stereocenters. The Morgan fingerprint density at radius 1 is 1.37 bits per heavy atom. The van der Waals surface area contributed by atoms with Gasteiger partial charge < -0.3 is 14.4 Å². The average molecular weight is 266 g/mol. The lowest BCUT2D eigenvalue weighted by atomic mass is 9.98. The predicted octanol–water partition coefficient (Wildman–Crippen LogP) is 1.77. The van der Waals surface area contributed by atoms with Gasteiger partial charge in [-0.15, -0.1) is 0 Å². The van der Waals surface area contributed by atoms with E-state index < -0.39 is 18.0 Å². The minimum absolute atomic E-state index is 0.0431. The van der Waals surface area contributed by atoms with Crippen molar-refractivity contribution in [1.82, 2.24) is 9.55 Å². The maximum absolute atomic E-state index is 11.8. The third kappa shape index (κ3) is 3.81. The first-order valence-corrected chi connectivity index (χ1v) is 6.56. The zero-order valence-electron chi connectivity index (χ0n) is 10.7. The van der Waals surface area contributed by atoms with E-state index in [9.17, 15) is 9.59 Å². The maximum Gasteiger partial charge on any atom is 0.327 e. The van der Waals surface area contributed by atoms with Crippen molar-refractivity contribution >= 4 is 11.9 Å². The van der Waals surface area contributed by atoms with Gasteiger partial charge in [0.1, 0.15) is 12.1 Å². The zero-order chi connectivity index (χ0) is 13.7. The van der Waals surface area contributed by atoms with Crippen LogP contribution in [0.15, 0.2) is 18.7 Å². The van der Waals surface area contributed by atoms with Crippen molar-refractivity contribution in [2.45, 2.75) is 50.7 Å². The van der Waals surface area contributed by atoms with Crippen LogP contribution in [0.4, 0.5) is 0 Å². The number of carbonyl (C=O) groups is 2. The van der Waals surface area contributed by atoms with E-state index in [0.29, 0.717) is 0 Å². The lowest BCUT2D eigenvalue weighted by Crippen LogP contribution is -2.26. The Bertz CT molecular complexity index is 424. The molecule has 0 saturated heterocycles. The number of rotatable bonds is 5. The Kier molecular flexibility index (Phi) is 4.54. The number of ether oxygens (including phenoxy) is 1. The molecular weight excluding hydrogens is 248 g/mol. The van der Waals surface area contributed by atoms with Gasteiger partial charge in [0.05, 0.1) is 12.7 Å². The van der Waals surface area contributed by atoms with E-state index in [-0.39, 0.29) is 12.5 Å². The molecule has 1 aromatic rings. The quantitative estimate of drug-likeness (QED) is 0.821. The van der Waals surface area contributed by atoms with Gasteiger partial charge in [0, 0.05) is 12.4 Å². The third-order valence-electron chi connectivity index (χ3n) is 3.38. The molecule has 6 heteroatoms. The maximum atomic E-state index is 11.8. The second-order valence-electron chi connectivity index (χ2n) is 4.82. The molecule has 1 aliphatic carbocycles. The Morgan fingerprint density at radius 2 is 2.11 bits per heavy atom. The molecule has 104 valence electrons. The fourth-order valence-electron chi connectivity index (χ4n) is 2.35. The zero-order valence-corrected chi connectivity index (χ0v) is 10.7. The molecule has 1 N–H and O–H groups in total. The normalized spacial score (nSPS) is 17.9. The number of carboxylic acids is 1. The molecule has 0 spiro atoms. The van der Waals surface area contributed by atoms with Crippen molar-refractivity contribution in [1.29, 1.82) is 0 Å². The van der Waals surface area contributed by atoms with Gasteiger partial charge in [-0.3, -0.25) is 4.79 Å². The van der Waals surface area contributed by atoms with Crippen LogP contribution < -0.4 is 0 Å². The van der Waals surface area contributed by atoms with Crippen molar-refractivity contribution < 1.29 is 19.4 Å². The van der Waals surface area contributed by atoms with Gasteiger partial charge >= 0.3 is 11.9 Å². The van der Waals surface area contributed by atoms with Crippen LogP contribution in [0.2, 0.25) is 0 Å². The van der Waals surface area contributed by atoms with Gasteiger partial charge in [-0.05, 0) is 25.7 Å². The number of aromatic nitrogens is 2. The first-order chi connectivity index (χ1) is 9.16. The second kappa shape index (κ2) is 6.36. The highest BCUT2D eigenvalue weighted by Crippen LogP contribution is 2.22. The summed E-state index contributed by atoms with van der Waals surface area (Å²) in [7, 11) is 0. The minimum atomic E-state index is -1.06. The number of hydrogen-bond donors (Lipinski definition) is 1. The SMILES string of the molecule is O=C(CC(C(=O)O)n1ccnc1)OC1CCCCC1. The smallest absolute Gasteiger partial charge is 0.327 e. The summed E-state index contributed by atoms with van der Waals surface area (Å²) >= 11 is 0. The summed E-state index contributed by atoms with van der Waals surface area (Å²) in [5.74, 6) is -1.51. The summed E-state index contributed by atoms with van der Waals surface area (Å²) in [5, 5.41) is 9.14. The lowest BCUT2D eigenvalue weighted by Gasteiger charge is -2.22. The summed E-state index contributed by atoms with van der Waals surface area (Å²) in [4.78, 5) is 26.8. The van der Waals surface area contributed by atoms with E-state index in [1.54, 1.807) is 0 Å². The minimum Gasteiger partial charge on any atom is -0.480 e. The predicted molar refractivity (Wildman–Crippen MR) is 66.5 cm³/mol. The van der Waals surface area contributed by atoms with Crippen LogP contribution in [0.1, 0.15) is 44.6 Å². The van der Waals surface area contributed by atoms with E-state index in [1.807, 2.05) is 0 Å². The highest BCUT2D eigenvalue weighted by atomic mass is 16.5. The largest absolute Gasteiger partial charge is 0.480 e. The van der Waals surface area contributed by atoms with Crippen molar-refractivity contribution in [2.75, 3.05) is 0 Å². The number of nitrogens with zero attached hydrogens (tertiary/aromatic N) is 2. The molecule has 1 fully saturated rings. The highest BCUT2D eigenvalue weighted by Gasteiger charge is 2.25. The number of imidazole rings is 1. The molecule has 1 saturated carbocycles. The van der Waals surface area contributed by atoms with Gasteiger partial charge in [-0.25, -0.2) is 9.78 Å². The molecule has 0 amide bonds. The summed E-state index contributed by atoms with van der Waals surface area (Å²) in [6.07, 6.45) is 9.30. The molecular formula is C13H18N2O4. The number of aliphatic carboxylic acids is 1. The monoisotopic (exact) mass is 266 g/mol. The third-order valence-corrected chi connectivity index (χ3v) is 3.38. The van der Waals surface area contributed by atoms with Gasteiger partial charge in [0.25, 0.3) is 0 Å². The van der Waals surface area contributed by atoms with E-state index >= 15 is 0 Å². The summed E-state index contributed by atoms with van der Waals surface area (Å²) in [6.45, 7) is 0. The number of hydrogen-bond acceptors (Lipinski definition) is 4. The van der Waals surface area contributed by atoms with E-state index in [0.717, 1.165) is 25.7 Å². The van der Waals surface area contributed by atoms with Crippen LogP contribution in [0.5, 0.6) is 0 Å². The fourth-order valence-corrected chi connectivity index (χ4v) is 2.35. The highest BCUT2D eigenvalue weighted by molar-refractivity contribution is 5.80. The molecule has 6 nitrogen and oxygen atoms in total. The van der Waals surface area contributed by atoms with Crippen LogP contribution in [-0.2, 0) is 14.3 Å². The molecule has 19 heavy (non-hydrogen) atoms. The molecule has 0 aromatic carbocycles. The molecule has 0 bridgehead atoms. The van der Waals surface area contributed by atoms with Crippen molar-refractivity contribution in [3.63, 3.8) is 0 Å². The first kappa shape index (κ1) is 13.6. The molecule has 0 aliphatic heterocycles. The Morgan fingerprint density at radius 3 is 2.68 bits per heavy atom. The fraction of sp³-hybridized carbons (Fsp3) is 0.615. The van der Waals surface area contributed by atoms with Gasteiger partial charge in [0.15, 0.2) is 0 Å². The van der Waals surface area contributed by atoms with Gasteiger partial charge in [-0.1, -0.05) is 6.42 Å². The lowest BCUT2D eigenvalue weighted by molar-refractivity contribution is -0.155. The van der Waals surface area contributed by atoms with E-state index in [1.165, 1.54) is 29.7 Å². The van der Waals surface area contributed by atoms with Crippen LogP contribution in [-0.4, -0.2) is 32.7 Å². The number of carbonyl (C=O) groups excluding carboxylic acids is 1. The standard InChI is InChI=1S/C13H18N2O4/c16-12(19-10-4-2-1-3-5-10)8-11(13(17)18)15-7-6-14-9-15/h6-7,9-11H,1-5,8H2,(H,17,18). The average Bonchev–Trinajstić information content (AvgIpc) is 2.90. The first-order valence-electron chi connectivity index (χ1n) is 6.56. The molecule has 1 unspecified atom stereocenters. The van der Waals surface area contributed by atoms with E-state index in [4.69, 9.17) is 9.84 Å². The number of esters is 1. The Balaban J connectivity index is 1.90. The van der Waals surface area contributed by atoms with Crippen molar-refractivity contribution in [3.05, 3.63) is 18.7 Å². The van der Waals surface area contributed by atoms with Gasteiger partial charge in [-0.2, -0.15) is 0 Å². The topological polar surface area (TPSA) is 81.4 Å². The van der Waals surface area contributed by atoms with E-state index in [2.05, 4.69) is 4.98 Å². The molecule has 1 aliphatic rings. The molecule has 2 rings (SSSR count). The van der Waals surface area contributed by atoms with Crippen molar-refractivity contribution in [2.24, 2.45) is 0 Å². The van der Waals surface area contributed by atoms with Crippen molar-refractivity contribution in [3.8, 4) is 0 Å². The summed E-state index contributed by atoms with van der Waals surface area (Å²) in [6, 6.07) is -0.946. The second-order valence-corrected chi connectivity index (χ2v) is 4.82.